The Labute approximate surface area is 135 Å². The molecule has 0 radical (unpaired) electrons. The van der Waals surface area contributed by atoms with Gasteiger partial charge in [0.05, 0.1) is 6.04 Å². The molecule has 0 aromatic carbocycles. The maximum Gasteiger partial charge on any atom is 0.189 e. The first kappa shape index (κ1) is 15.9. The van der Waals surface area contributed by atoms with Crippen LogP contribution in [0.5, 0.6) is 0 Å². The van der Waals surface area contributed by atoms with E-state index in [1.54, 1.807) is 0 Å². The highest BCUT2D eigenvalue weighted by Gasteiger charge is 2.51. The van der Waals surface area contributed by atoms with E-state index >= 15 is 0 Å². The molecule has 0 spiro atoms. The smallest absolute Gasteiger partial charge is 0.189 e. The van der Waals surface area contributed by atoms with Crippen molar-refractivity contribution in [1.82, 2.24) is 5.32 Å². The highest BCUT2D eigenvalue weighted by molar-refractivity contribution is 5.79. The van der Waals surface area contributed by atoms with E-state index in [1.807, 2.05) is 0 Å². The fourth-order valence-corrected chi connectivity index (χ4v) is 5.34. The number of nitrogens with two attached hydrogens (primary N) is 1. The molecule has 1 heterocycles. The summed E-state index contributed by atoms with van der Waals surface area (Å²) in [6.07, 6.45) is 15.2. The van der Waals surface area contributed by atoms with Crippen molar-refractivity contribution in [1.29, 1.82) is 0 Å². The number of allylic oxidation sites excluding steroid dienone is 2. The maximum absolute atomic E-state index is 6.11. The van der Waals surface area contributed by atoms with Gasteiger partial charge in [-0.05, 0) is 49.9 Å². The van der Waals surface area contributed by atoms with Gasteiger partial charge in [0.15, 0.2) is 5.96 Å². The Hall–Kier alpha value is -0.990. The summed E-state index contributed by atoms with van der Waals surface area (Å²) >= 11 is 0. The van der Waals surface area contributed by atoms with E-state index in [9.17, 15) is 0 Å². The Bertz CT molecular complexity index is 428. The molecule has 0 saturated heterocycles. The number of unbranched alkanes of at least 4 members (excludes halogenated alkanes) is 1. The summed E-state index contributed by atoms with van der Waals surface area (Å²) in [5.41, 5.74) is 6.11. The lowest BCUT2D eigenvalue weighted by molar-refractivity contribution is 0.0836. The van der Waals surface area contributed by atoms with Crippen LogP contribution < -0.4 is 11.1 Å². The summed E-state index contributed by atoms with van der Waals surface area (Å²) in [5, 5.41) is 3.46. The monoisotopic (exact) mass is 303 g/mol. The molecule has 3 N–H and O–H groups in total. The fraction of sp³-hybridized carbons (Fsp3) is 0.842. The first-order chi connectivity index (χ1) is 10.7. The number of aliphatic imine (C=N–C) groups is 1. The van der Waals surface area contributed by atoms with Crippen molar-refractivity contribution >= 4 is 5.96 Å². The lowest BCUT2D eigenvalue weighted by atomic mass is 9.63. The number of hydrogen-bond acceptors (Lipinski definition) is 3. The summed E-state index contributed by atoms with van der Waals surface area (Å²) in [6, 6.07) is 1.06. The summed E-state index contributed by atoms with van der Waals surface area (Å²) in [4.78, 5) is 4.91. The molecule has 0 unspecified atom stereocenters. The van der Waals surface area contributed by atoms with Crippen molar-refractivity contribution in [2.24, 2.45) is 34.4 Å². The normalized spacial score (nSPS) is 40.4. The van der Waals surface area contributed by atoms with Crippen molar-refractivity contribution in [3.8, 4) is 0 Å². The fourth-order valence-electron chi connectivity index (χ4n) is 5.34. The Kier molecular flexibility index (Phi) is 5.10. The van der Waals surface area contributed by atoms with Gasteiger partial charge < -0.3 is 11.1 Å². The second-order valence-electron chi connectivity index (χ2n) is 7.61. The standard InChI is InChI=1S/C19H33N3/c1-3-5-6-7-9-15-13(8-4-2)12-14-10-11-16-17(14)18(15)22-19(20)21-16/h6-7,13-18H,3-5,8-12H2,1-2H3,(H3,20,21,22)/b7-6-/t13-,14+,15-,16+,17-,18-/m1/s1. The zero-order valence-electron chi connectivity index (χ0n) is 14.3. The van der Waals surface area contributed by atoms with Crippen LogP contribution in [-0.4, -0.2) is 18.0 Å². The predicted molar refractivity (Wildman–Crippen MR) is 93.7 cm³/mol. The minimum absolute atomic E-state index is 0.468. The van der Waals surface area contributed by atoms with Crippen LogP contribution in [0.4, 0.5) is 0 Å². The average molecular weight is 303 g/mol. The van der Waals surface area contributed by atoms with Gasteiger partial charge >= 0.3 is 0 Å². The lowest BCUT2D eigenvalue weighted by Crippen LogP contribution is -2.56. The van der Waals surface area contributed by atoms with Crippen LogP contribution in [0.3, 0.4) is 0 Å². The van der Waals surface area contributed by atoms with Crippen LogP contribution >= 0.6 is 0 Å². The lowest BCUT2D eigenvalue weighted by Gasteiger charge is -2.47. The Morgan fingerprint density at radius 3 is 2.86 bits per heavy atom. The van der Waals surface area contributed by atoms with E-state index in [0.717, 1.165) is 17.8 Å². The third kappa shape index (κ3) is 3.04. The summed E-state index contributed by atoms with van der Waals surface area (Å²) in [5.74, 6) is 3.87. The van der Waals surface area contributed by atoms with Gasteiger partial charge in [0.25, 0.3) is 0 Å². The van der Waals surface area contributed by atoms with E-state index in [-0.39, 0.29) is 0 Å². The number of guanidine groups is 1. The molecule has 0 aromatic rings. The first-order valence-electron chi connectivity index (χ1n) is 9.49. The quantitative estimate of drug-likeness (QED) is 0.732. The minimum atomic E-state index is 0.468. The molecule has 1 aliphatic heterocycles. The molecule has 3 rings (SSSR count). The Balaban J connectivity index is 1.80. The van der Waals surface area contributed by atoms with Crippen LogP contribution in [0.2, 0.25) is 0 Å². The zero-order chi connectivity index (χ0) is 15.5. The van der Waals surface area contributed by atoms with Gasteiger partial charge in [-0.1, -0.05) is 45.3 Å². The van der Waals surface area contributed by atoms with Crippen molar-refractivity contribution in [2.75, 3.05) is 0 Å². The van der Waals surface area contributed by atoms with Crippen LogP contribution in [-0.2, 0) is 0 Å². The van der Waals surface area contributed by atoms with Crippen molar-refractivity contribution in [3.63, 3.8) is 0 Å². The van der Waals surface area contributed by atoms with Crippen molar-refractivity contribution in [2.45, 2.75) is 77.3 Å². The summed E-state index contributed by atoms with van der Waals surface area (Å²) < 4.78 is 0. The van der Waals surface area contributed by atoms with Crippen LogP contribution in [0.1, 0.15) is 65.2 Å². The summed E-state index contributed by atoms with van der Waals surface area (Å²) in [7, 11) is 0. The van der Waals surface area contributed by atoms with E-state index < -0.39 is 0 Å². The molecule has 0 bridgehead atoms. The molecule has 124 valence electrons. The van der Waals surface area contributed by atoms with Gasteiger partial charge in [-0.25, -0.2) is 4.99 Å². The molecule has 3 heteroatoms. The number of nitrogens with zero attached hydrogens (tertiary/aromatic N) is 1. The Morgan fingerprint density at radius 2 is 2.09 bits per heavy atom. The molecule has 22 heavy (non-hydrogen) atoms. The highest BCUT2D eigenvalue weighted by Crippen LogP contribution is 2.51. The van der Waals surface area contributed by atoms with E-state index in [2.05, 4.69) is 31.3 Å². The molecular formula is C19H33N3. The van der Waals surface area contributed by atoms with Gasteiger partial charge in [-0.3, -0.25) is 0 Å². The number of rotatable bonds is 6. The largest absolute Gasteiger partial charge is 0.370 e. The van der Waals surface area contributed by atoms with Crippen molar-refractivity contribution in [3.05, 3.63) is 12.2 Å². The van der Waals surface area contributed by atoms with Gasteiger partial charge in [0.2, 0.25) is 0 Å². The third-order valence-electron chi connectivity index (χ3n) is 6.21. The predicted octanol–water partition coefficient (Wildman–Crippen LogP) is 3.85. The Morgan fingerprint density at radius 1 is 1.23 bits per heavy atom. The zero-order valence-corrected chi connectivity index (χ0v) is 14.3. The van der Waals surface area contributed by atoms with Gasteiger partial charge in [0.1, 0.15) is 0 Å². The second-order valence-corrected chi connectivity index (χ2v) is 7.61. The summed E-state index contributed by atoms with van der Waals surface area (Å²) in [6.45, 7) is 4.57. The van der Waals surface area contributed by atoms with Crippen LogP contribution in [0.25, 0.3) is 0 Å². The SMILES string of the molecule is CCC/C=C\C[C@@H]1[C@H](CCC)C[C@@H]2CC[C@@H]3NC(N)=N[C@H]1[C@H]23. The number of nitrogens with one attached hydrogen (secondary N) is 1. The molecule has 6 atom stereocenters. The topological polar surface area (TPSA) is 50.4 Å². The molecule has 3 nitrogen and oxygen atoms in total. The van der Waals surface area contributed by atoms with E-state index in [0.29, 0.717) is 24.0 Å². The van der Waals surface area contributed by atoms with Gasteiger partial charge in [0, 0.05) is 12.0 Å². The third-order valence-corrected chi connectivity index (χ3v) is 6.21. The highest BCUT2D eigenvalue weighted by atomic mass is 15.2. The molecular weight excluding hydrogens is 270 g/mol. The minimum Gasteiger partial charge on any atom is -0.370 e. The van der Waals surface area contributed by atoms with Gasteiger partial charge in [-0.2, -0.15) is 0 Å². The molecule has 3 aliphatic rings. The molecule has 2 saturated carbocycles. The van der Waals surface area contributed by atoms with Crippen molar-refractivity contribution < 1.29 is 0 Å². The van der Waals surface area contributed by atoms with E-state index in [4.69, 9.17) is 10.7 Å². The first-order valence-corrected chi connectivity index (χ1v) is 9.49. The molecule has 0 aromatic heterocycles. The molecule has 0 amide bonds. The average Bonchev–Trinajstić information content (AvgIpc) is 2.89. The molecule has 2 aliphatic carbocycles. The molecule has 2 fully saturated rings. The van der Waals surface area contributed by atoms with Crippen LogP contribution in [0.15, 0.2) is 17.1 Å². The van der Waals surface area contributed by atoms with Crippen LogP contribution in [0, 0.1) is 23.7 Å². The maximum atomic E-state index is 6.11. The van der Waals surface area contributed by atoms with E-state index in [1.165, 1.54) is 51.4 Å². The number of hydrogen-bond donors (Lipinski definition) is 2. The van der Waals surface area contributed by atoms with Gasteiger partial charge in [-0.15, -0.1) is 0 Å². The second kappa shape index (κ2) is 7.06.